The number of hydrogen-bond acceptors (Lipinski definition) is 1. The fourth-order valence-electron chi connectivity index (χ4n) is 2.57. The van der Waals surface area contributed by atoms with Gasteiger partial charge >= 0.3 is 0 Å². The Kier molecular flexibility index (Phi) is 5.54. The van der Waals surface area contributed by atoms with Gasteiger partial charge in [-0.05, 0) is 39.3 Å². The highest BCUT2D eigenvalue weighted by molar-refractivity contribution is 4.81. The van der Waals surface area contributed by atoms with Gasteiger partial charge in [0.05, 0.1) is 0 Å². The molecule has 1 aliphatic heterocycles. The first-order chi connectivity index (χ1) is 6.75. The van der Waals surface area contributed by atoms with E-state index in [-0.39, 0.29) is 0 Å². The lowest BCUT2D eigenvalue weighted by molar-refractivity contribution is 0.281. The van der Waals surface area contributed by atoms with Crippen LogP contribution in [-0.4, -0.2) is 24.5 Å². The number of unbranched alkanes of at least 4 members (excludes halogenated alkanes) is 4. The molecule has 0 spiro atoms. The van der Waals surface area contributed by atoms with Gasteiger partial charge in [0.25, 0.3) is 0 Å². The van der Waals surface area contributed by atoms with Crippen molar-refractivity contribution in [3.05, 3.63) is 0 Å². The van der Waals surface area contributed by atoms with Crippen molar-refractivity contribution in [2.24, 2.45) is 5.92 Å². The van der Waals surface area contributed by atoms with Crippen molar-refractivity contribution in [1.82, 2.24) is 4.90 Å². The molecular formula is C13H27N. The molecule has 1 heteroatoms. The lowest BCUT2D eigenvalue weighted by Crippen LogP contribution is -2.25. The van der Waals surface area contributed by atoms with Crippen LogP contribution in [0.1, 0.15) is 58.8 Å². The Morgan fingerprint density at radius 1 is 1.14 bits per heavy atom. The Balaban J connectivity index is 2.01. The first-order valence-electron chi connectivity index (χ1n) is 6.46. The number of rotatable bonds is 6. The molecular weight excluding hydrogens is 170 g/mol. The highest BCUT2D eigenvalue weighted by Gasteiger charge is 2.26. The lowest BCUT2D eigenvalue weighted by Gasteiger charge is -2.20. The molecule has 1 nitrogen and oxygen atoms in total. The van der Waals surface area contributed by atoms with Crippen molar-refractivity contribution in [3.63, 3.8) is 0 Å². The molecule has 0 saturated carbocycles. The van der Waals surface area contributed by atoms with Crippen molar-refractivity contribution >= 4 is 0 Å². The van der Waals surface area contributed by atoms with Gasteiger partial charge in [0.2, 0.25) is 0 Å². The van der Waals surface area contributed by atoms with Gasteiger partial charge in [-0.15, -0.1) is 0 Å². The van der Waals surface area contributed by atoms with Crippen LogP contribution < -0.4 is 0 Å². The largest absolute Gasteiger partial charge is 0.303 e. The minimum atomic E-state index is 0.834. The Morgan fingerprint density at radius 2 is 1.86 bits per heavy atom. The van der Waals surface area contributed by atoms with E-state index in [0.29, 0.717) is 0 Å². The Hall–Kier alpha value is -0.0400. The third-order valence-electron chi connectivity index (χ3n) is 3.91. The predicted octanol–water partition coefficient (Wildman–Crippen LogP) is 3.69. The van der Waals surface area contributed by atoms with E-state index < -0.39 is 0 Å². The summed E-state index contributed by atoms with van der Waals surface area (Å²) in [4.78, 5) is 2.51. The van der Waals surface area contributed by atoms with E-state index in [9.17, 15) is 0 Å². The van der Waals surface area contributed by atoms with Crippen LogP contribution in [-0.2, 0) is 0 Å². The van der Waals surface area contributed by atoms with E-state index in [1.54, 1.807) is 0 Å². The molecule has 1 aliphatic rings. The molecule has 0 aromatic heterocycles. The molecule has 1 fully saturated rings. The monoisotopic (exact) mass is 197 g/mol. The molecule has 0 radical (unpaired) electrons. The Labute approximate surface area is 89.9 Å². The normalized spacial score (nSPS) is 28.5. The van der Waals surface area contributed by atoms with Gasteiger partial charge in [-0.1, -0.05) is 39.0 Å². The van der Waals surface area contributed by atoms with E-state index in [0.717, 1.165) is 12.0 Å². The van der Waals surface area contributed by atoms with Crippen molar-refractivity contribution in [2.45, 2.75) is 64.8 Å². The molecule has 1 rings (SSSR count). The quantitative estimate of drug-likeness (QED) is 0.587. The van der Waals surface area contributed by atoms with Crippen LogP contribution in [0.2, 0.25) is 0 Å². The zero-order valence-electron chi connectivity index (χ0n) is 10.3. The molecule has 0 bridgehead atoms. The molecule has 2 unspecified atom stereocenters. The first kappa shape index (κ1) is 12.0. The molecule has 1 saturated heterocycles. The minimum Gasteiger partial charge on any atom is -0.303 e. The van der Waals surface area contributed by atoms with Crippen LogP contribution in [0, 0.1) is 5.92 Å². The van der Waals surface area contributed by atoms with Crippen molar-refractivity contribution < 1.29 is 0 Å². The molecule has 0 amide bonds. The number of likely N-dealkylation sites (tertiary alicyclic amines) is 1. The van der Waals surface area contributed by atoms with Crippen LogP contribution in [0.5, 0.6) is 0 Å². The first-order valence-corrected chi connectivity index (χ1v) is 6.46. The van der Waals surface area contributed by atoms with E-state index in [2.05, 4.69) is 25.8 Å². The number of nitrogens with zero attached hydrogens (tertiary/aromatic N) is 1. The highest BCUT2D eigenvalue weighted by atomic mass is 15.1. The van der Waals surface area contributed by atoms with E-state index >= 15 is 0 Å². The van der Waals surface area contributed by atoms with Gasteiger partial charge in [0, 0.05) is 6.04 Å². The smallest absolute Gasteiger partial charge is 0.00926 e. The SMILES string of the molecule is CCCCCCCC1CCN(C)C1C. The molecule has 0 aromatic carbocycles. The minimum absolute atomic E-state index is 0.834. The summed E-state index contributed by atoms with van der Waals surface area (Å²) in [6, 6.07) is 0.834. The topological polar surface area (TPSA) is 3.24 Å². The van der Waals surface area contributed by atoms with E-state index in [1.807, 2.05) is 0 Å². The molecule has 0 aliphatic carbocycles. The summed E-state index contributed by atoms with van der Waals surface area (Å²) in [5, 5.41) is 0. The Bertz CT molecular complexity index is 144. The highest BCUT2D eigenvalue weighted by Crippen LogP contribution is 2.27. The van der Waals surface area contributed by atoms with Crippen molar-refractivity contribution in [3.8, 4) is 0 Å². The average Bonchev–Trinajstić information content (AvgIpc) is 2.49. The van der Waals surface area contributed by atoms with Gasteiger partial charge < -0.3 is 4.90 Å². The standard InChI is InChI=1S/C13H27N/c1-4-5-6-7-8-9-13-10-11-14(3)12(13)2/h12-13H,4-11H2,1-3H3. The maximum Gasteiger partial charge on any atom is 0.00926 e. The molecule has 1 heterocycles. The maximum absolute atomic E-state index is 2.51. The number of hydrogen-bond donors (Lipinski definition) is 0. The average molecular weight is 197 g/mol. The van der Waals surface area contributed by atoms with Crippen molar-refractivity contribution in [1.29, 1.82) is 0 Å². The molecule has 84 valence electrons. The van der Waals surface area contributed by atoms with Crippen LogP contribution in [0.15, 0.2) is 0 Å². The van der Waals surface area contributed by atoms with Crippen LogP contribution in [0.3, 0.4) is 0 Å². The summed E-state index contributed by atoms with van der Waals surface area (Å²) in [5.41, 5.74) is 0. The predicted molar refractivity (Wildman–Crippen MR) is 63.6 cm³/mol. The third kappa shape index (κ3) is 3.61. The summed E-state index contributed by atoms with van der Waals surface area (Å²) in [5.74, 6) is 0.988. The molecule has 14 heavy (non-hydrogen) atoms. The summed E-state index contributed by atoms with van der Waals surface area (Å²) in [6.45, 7) is 6.00. The lowest BCUT2D eigenvalue weighted by atomic mass is 9.94. The second-order valence-electron chi connectivity index (χ2n) is 4.97. The second-order valence-corrected chi connectivity index (χ2v) is 4.97. The zero-order valence-corrected chi connectivity index (χ0v) is 10.3. The molecule has 0 N–H and O–H groups in total. The summed E-state index contributed by atoms with van der Waals surface area (Å²) >= 11 is 0. The van der Waals surface area contributed by atoms with E-state index in [1.165, 1.54) is 51.5 Å². The van der Waals surface area contributed by atoms with Gasteiger partial charge in [-0.25, -0.2) is 0 Å². The molecule has 2 atom stereocenters. The van der Waals surface area contributed by atoms with Crippen LogP contribution >= 0.6 is 0 Å². The fraction of sp³-hybridized carbons (Fsp3) is 1.00. The second kappa shape index (κ2) is 6.44. The van der Waals surface area contributed by atoms with Gasteiger partial charge in [-0.2, -0.15) is 0 Å². The zero-order chi connectivity index (χ0) is 10.4. The van der Waals surface area contributed by atoms with Crippen molar-refractivity contribution in [2.75, 3.05) is 13.6 Å². The van der Waals surface area contributed by atoms with Gasteiger partial charge in [-0.3, -0.25) is 0 Å². The summed E-state index contributed by atoms with van der Waals surface area (Å²) in [6.07, 6.45) is 10.1. The molecule has 0 aromatic rings. The Morgan fingerprint density at radius 3 is 2.43 bits per heavy atom. The third-order valence-corrected chi connectivity index (χ3v) is 3.91. The fourth-order valence-corrected chi connectivity index (χ4v) is 2.57. The maximum atomic E-state index is 2.51. The summed E-state index contributed by atoms with van der Waals surface area (Å²) in [7, 11) is 2.27. The van der Waals surface area contributed by atoms with E-state index in [4.69, 9.17) is 0 Å². The van der Waals surface area contributed by atoms with Crippen LogP contribution in [0.25, 0.3) is 0 Å². The van der Waals surface area contributed by atoms with Crippen LogP contribution in [0.4, 0.5) is 0 Å². The summed E-state index contributed by atoms with van der Waals surface area (Å²) < 4.78 is 0. The van der Waals surface area contributed by atoms with Gasteiger partial charge in [0.1, 0.15) is 0 Å². The van der Waals surface area contributed by atoms with Gasteiger partial charge in [0.15, 0.2) is 0 Å².